The van der Waals surface area contributed by atoms with Crippen LogP contribution >= 0.6 is 0 Å². The minimum Gasteiger partial charge on any atom is -0.508 e. The maximum Gasteiger partial charge on any atom is 0.198 e. The molecular formula is C16H13NO2. The van der Waals surface area contributed by atoms with Crippen molar-refractivity contribution >= 4 is 0 Å². The van der Waals surface area contributed by atoms with Crippen molar-refractivity contribution in [3.63, 3.8) is 0 Å². The molecule has 0 bridgehead atoms. The van der Waals surface area contributed by atoms with E-state index < -0.39 is 0 Å². The van der Waals surface area contributed by atoms with Crippen molar-refractivity contribution in [3.8, 4) is 17.0 Å². The third-order valence-electron chi connectivity index (χ3n) is 2.89. The van der Waals surface area contributed by atoms with Gasteiger partial charge in [0.1, 0.15) is 17.7 Å². The minimum absolute atomic E-state index is 0.227. The Morgan fingerprint density at radius 3 is 2.63 bits per heavy atom. The van der Waals surface area contributed by atoms with E-state index in [1.807, 2.05) is 36.4 Å². The number of hydrogen-bond acceptors (Lipinski definition) is 3. The topological polar surface area (TPSA) is 46.3 Å². The largest absolute Gasteiger partial charge is 0.508 e. The zero-order valence-electron chi connectivity index (χ0n) is 10.3. The third-order valence-corrected chi connectivity index (χ3v) is 2.89. The fourth-order valence-corrected chi connectivity index (χ4v) is 1.96. The van der Waals surface area contributed by atoms with Crippen molar-refractivity contribution in [1.82, 2.24) is 4.98 Å². The molecule has 2 aromatic carbocycles. The number of rotatable bonds is 3. The molecule has 19 heavy (non-hydrogen) atoms. The standard InChI is InChI=1S/C16H13NO2/c18-14-8-4-7-13(10-14)15-11-19-16(17-15)9-12-5-2-1-3-6-12/h1-8,10-11,18H,9H2. The van der Waals surface area contributed by atoms with Gasteiger partial charge in [0.15, 0.2) is 5.89 Å². The first-order valence-electron chi connectivity index (χ1n) is 6.09. The van der Waals surface area contributed by atoms with E-state index in [0.717, 1.165) is 16.8 Å². The van der Waals surface area contributed by atoms with E-state index in [-0.39, 0.29) is 5.75 Å². The highest BCUT2D eigenvalue weighted by Gasteiger charge is 2.07. The summed E-state index contributed by atoms with van der Waals surface area (Å²) in [6, 6.07) is 17.0. The fraction of sp³-hybridized carbons (Fsp3) is 0.0625. The summed E-state index contributed by atoms with van der Waals surface area (Å²) in [5.74, 6) is 0.898. The molecule has 0 fully saturated rings. The van der Waals surface area contributed by atoms with E-state index in [9.17, 15) is 5.11 Å². The molecule has 0 saturated heterocycles. The lowest BCUT2D eigenvalue weighted by Gasteiger charge is -1.97. The number of aromatic hydroxyl groups is 1. The summed E-state index contributed by atoms with van der Waals surface area (Å²) >= 11 is 0. The maximum atomic E-state index is 9.46. The van der Waals surface area contributed by atoms with Crippen molar-refractivity contribution in [3.05, 3.63) is 72.3 Å². The van der Waals surface area contributed by atoms with E-state index in [1.54, 1.807) is 24.5 Å². The molecule has 3 nitrogen and oxygen atoms in total. The number of nitrogens with zero attached hydrogens (tertiary/aromatic N) is 1. The van der Waals surface area contributed by atoms with Crippen molar-refractivity contribution in [1.29, 1.82) is 0 Å². The lowest BCUT2D eigenvalue weighted by Crippen LogP contribution is -1.87. The Bertz CT molecular complexity index is 674. The Hall–Kier alpha value is -2.55. The molecule has 1 N–H and O–H groups in total. The highest BCUT2D eigenvalue weighted by molar-refractivity contribution is 5.59. The third kappa shape index (κ3) is 2.65. The molecule has 0 aliphatic carbocycles. The molecule has 3 rings (SSSR count). The van der Waals surface area contributed by atoms with Crippen LogP contribution in [0.1, 0.15) is 11.5 Å². The van der Waals surface area contributed by atoms with Gasteiger partial charge in [-0.05, 0) is 17.7 Å². The number of phenols is 1. The molecule has 0 atom stereocenters. The molecule has 3 aromatic rings. The predicted molar refractivity (Wildman–Crippen MR) is 72.9 cm³/mol. The van der Waals surface area contributed by atoms with Gasteiger partial charge in [0, 0.05) is 12.0 Å². The molecule has 0 amide bonds. The molecule has 0 unspecified atom stereocenters. The van der Waals surface area contributed by atoms with Crippen LogP contribution in [0.2, 0.25) is 0 Å². The van der Waals surface area contributed by atoms with Gasteiger partial charge in [-0.2, -0.15) is 0 Å². The van der Waals surface area contributed by atoms with Crippen LogP contribution in [0.25, 0.3) is 11.3 Å². The first-order valence-corrected chi connectivity index (χ1v) is 6.09. The average Bonchev–Trinajstić information content (AvgIpc) is 2.88. The van der Waals surface area contributed by atoms with Crippen molar-refractivity contribution in [2.45, 2.75) is 6.42 Å². The van der Waals surface area contributed by atoms with Gasteiger partial charge in [0.25, 0.3) is 0 Å². The summed E-state index contributed by atoms with van der Waals surface area (Å²) < 4.78 is 5.47. The Morgan fingerprint density at radius 2 is 1.84 bits per heavy atom. The molecule has 1 aromatic heterocycles. The molecule has 94 valence electrons. The SMILES string of the molecule is Oc1cccc(-c2coc(Cc3ccccc3)n2)c1. The predicted octanol–water partition coefficient (Wildman–Crippen LogP) is 3.64. The van der Waals surface area contributed by atoms with E-state index >= 15 is 0 Å². The summed E-state index contributed by atoms with van der Waals surface area (Å²) in [5, 5.41) is 9.46. The molecule has 0 aliphatic rings. The van der Waals surface area contributed by atoms with Crippen LogP contribution in [-0.2, 0) is 6.42 Å². The van der Waals surface area contributed by atoms with Gasteiger partial charge in [-0.1, -0.05) is 42.5 Å². The van der Waals surface area contributed by atoms with Gasteiger partial charge in [-0.15, -0.1) is 0 Å². The second-order valence-corrected chi connectivity index (χ2v) is 4.34. The van der Waals surface area contributed by atoms with Crippen LogP contribution in [0.3, 0.4) is 0 Å². The van der Waals surface area contributed by atoms with Crippen molar-refractivity contribution in [2.75, 3.05) is 0 Å². The van der Waals surface area contributed by atoms with Gasteiger partial charge in [-0.3, -0.25) is 0 Å². The highest BCUT2D eigenvalue weighted by Crippen LogP contribution is 2.23. The van der Waals surface area contributed by atoms with Gasteiger partial charge in [0.2, 0.25) is 0 Å². The molecular weight excluding hydrogens is 238 g/mol. The Labute approximate surface area is 111 Å². The number of benzene rings is 2. The minimum atomic E-state index is 0.227. The molecule has 1 heterocycles. The molecule has 0 saturated carbocycles. The summed E-state index contributed by atoms with van der Waals surface area (Å²) in [5.41, 5.74) is 2.75. The maximum absolute atomic E-state index is 9.46. The quantitative estimate of drug-likeness (QED) is 0.773. The zero-order valence-corrected chi connectivity index (χ0v) is 10.3. The number of hydrogen-bond donors (Lipinski definition) is 1. The van der Waals surface area contributed by atoms with Crippen LogP contribution in [0, 0.1) is 0 Å². The second kappa shape index (κ2) is 4.98. The number of phenolic OH excluding ortho intramolecular Hbond substituents is 1. The van der Waals surface area contributed by atoms with Crippen molar-refractivity contribution < 1.29 is 9.52 Å². The Morgan fingerprint density at radius 1 is 1.00 bits per heavy atom. The van der Waals surface area contributed by atoms with E-state index in [0.29, 0.717) is 12.3 Å². The van der Waals surface area contributed by atoms with E-state index in [4.69, 9.17) is 4.42 Å². The molecule has 0 aliphatic heterocycles. The summed E-state index contributed by atoms with van der Waals surface area (Å²) in [6.45, 7) is 0. The lowest BCUT2D eigenvalue weighted by atomic mass is 10.1. The van der Waals surface area contributed by atoms with Crippen LogP contribution in [0.15, 0.2) is 65.3 Å². The smallest absolute Gasteiger partial charge is 0.198 e. The number of oxazole rings is 1. The van der Waals surface area contributed by atoms with Crippen LogP contribution in [0.4, 0.5) is 0 Å². The Kier molecular flexibility index (Phi) is 3.02. The van der Waals surface area contributed by atoms with E-state index in [2.05, 4.69) is 4.98 Å². The zero-order chi connectivity index (χ0) is 13.1. The van der Waals surface area contributed by atoms with Gasteiger partial charge in [0.05, 0.1) is 0 Å². The van der Waals surface area contributed by atoms with E-state index in [1.165, 1.54) is 0 Å². The van der Waals surface area contributed by atoms with Crippen LogP contribution in [-0.4, -0.2) is 10.1 Å². The fourth-order valence-electron chi connectivity index (χ4n) is 1.96. The average molecular weight is 251 g/mol. The molecule has 0 radical (unpaired) electrons. The summed E-state index contributed by atoms with van der Waals surface area (Å²) in [4.78, 5) is 4.44. The van der Waals surface area contributed by atoms with Crippen molar-refractivity contribution in [2.24, 2.45) is 0 Å². The lowest BCUT2D eigenvalue weighted by molar-refractivity contribution is 0.475. The highest BCUT2D eigenvalue weighted by atomic mass is 16.3. The van der Waals surface area contributed by atoms with Gasteiger partial charge < -0.3 is 9.52 Å². The normalized spacial score (nSPS) is 10.5. The first kappa shape index (κ1) is 11.5. The first-order chi connectivity index (χ1) is 9.31. The summed E-state index contributed by atoms with van der Waals surface area (Å²) in [6.07, 6.45) is 2.28. The number of aromatic nitrogens is 1. The van der Waals surface area contributed by atoms with Gasteiger partial charge in [-0.25, -0.2) is 4.98 Å². The summed E-state index contributed by atoms with van der Waals surface area (Å²) in [7, 11) is 0. The van der Waals surface area contributed by atoms with Gasteiger partial charge >= 0.3 is 0 Å². The Balaban J connectivity index is 1.84. The molecule has 3 heteroatoms. The second-order valence-electron chi connectivity index (χ2n) is 4.34. The van der Waals surface area contributed by atoms with Crippen LogP contribution < -0.4 is 0 Å². The molecule has 0 spiro atoms. The monoisotopic (exact) mass is 251 g/mol. The van der Waals surface area contributed by atoms with Crippen LogP contribution in [0.5, 0.6) is 5.75 Å².